The van der Waals surface area contributed by atoms with Crippen LogP contribution in [0.25, 0.3) is 33.2 Å². The summed E-state index contributed by atoms with van der Waals surface area (Å²) in [7, 11) is 1.74. The van der Waals surface area contributed by atoms with Crippen molar-refractivity contribution in [3.63, 3.8) is 0 Å². The Bertz CT molecular complexity index is 1510. The van der Waals surface area contributed by atoms with E-state index in [1.807, 2.05) is 38.2 Å². The molecule has 1 saturated carbocycles. The van der Waals surface area contributed by atoms with E-state index in [1.54, 1.807) is 16.2 Å². The second kappa shape index (κ2) is 10.2. The highest BCUT2D eigenvalue weighted by atomic mass is 16.5. The fraction of sp³-hybridized carbons (Fsp3) is 0.517. The Kier molecular flexibility index (Phi) is 6.75. The lowest BCUT2D eigenvalue weighted by atomic mass is 10.0. The number of likely N-dealkylation sites (tertiary alicyclic amines) is 1. The van der Waals surface area contributed by atoms with Gasteiger partial charge >= 0.3 is 5.69 Å². The summed E-state index contributed by atoms with van der Waals surface area (Å²) in [6, 6.07) is 10.2. The molecular formula is C29H36N6O3. The van der Waals surface area contributed by atoms with Crippen LogP contribution in [0.15, 0.2) is 41.3 Å². The molecule has 1 aliphatic heterocycles. The van der Waals surface area contributed by atoms with E-state index >= 15 is 0 Å². The van der Waals surface area contributed by atoms with E-state index in [9.17, 15) is 4.79 Å². The van der Waals surface area contributed by atoms with Crippen LogP contribution in [0.5, 0.6) is 0 Å². The van der Waals surface area contributed by atoms with Crippen molar-refractivity contribution >= 4 is 22.1 Å². The molecule has 1 aliphatic carbocycles. The molecule has 9 nitrogen and oxygen atoms in total. The average Bonchev–Trinajstić information content (AvgIpc) is 3.56. The molecule has 0 bridgehead atoms. The van der Waals surface area contributed by atoms with Crippen molar-refractivity contribution in [2.24, 2.45) is 7.05 Å². The largest absolute Gasteiger partial charge is 0.374 e. The van der Waals surface area contributed by atoms with Crippen LogP contribution in [0, 0.1) is 0 Å². The molecular weight excluding hydrogens is 480 g/mol. The van der Waals surface area contributed by atoms with Crippen molar-refractivity contribution in [1.29, 1.82) is 0 Å². The SMILES string of the molecule is CC(C)n1c(=O)n(C)c2nnc3ccc(-c4ccc([C@@H](C)OCCN5CC[C@@H](OC6CC6)C5)nc4)cc3c21. The summed E-state index contributed by atoms with van der Waals surface area (Å²) >= 11 is 0. The smallest absolute Gasteiger partial charge is 0.330 e. The fourth-order valence-electron chi connectivity index (χ4n) is 5.40. The van der Waals surface area contributed by atoms with Crippen LogP contribution < -0.4 is 5.69 Å². The minimum Gasteiger partial charge on any atom is -0.374 e. The molecule has 0 radical (unpaired) electrons. The van der Waals surface area contributed by atoms with E-state index in [0.717, 1.165) is 59.3 Å². The van der Waals surface area contributed by atoms with Crippen molar-refractivity contribution in [3.8, 4) is 11.1 Å². The minimum absolute atomic E-state index is 0.00710. The lowest BCUT2D eigenvalue weighted by Crippen LogP contribution is -2.27. The third kappa shape index (κ3) is 4.86. The molecule has 2 aliphatic rings. The van der Waals surface area contributed by atoms with Gasteiger partial charge in [0, 0.05) is 49.9 Å². The van der Waals surface area contributed by atoms with Gasteiger partial charge in [0.1, 0.15) is 5.52 Å². The number of pyridine rings is 1. The summed E-state index contributed by atoms with van der Waals surface area (Å²) in [5.41, 5.74) is 5.01. The molecule has 6 rings (SSSR count). The Morgan fingerprint density at radius 3 is 2.58 bits per heavy atom. The van der Waals surface area contributed by atoms with Gasteiger partial charge in [0.15, 0.2) is 5.65 Å². The van der Waals surface area contributed by atoms with Gasteiger partial charge in [0.25, 0.3) is 0 Å². The van der Waals surface area contributed by atoms with Crippen molar-refractivity contribution in [3.05, 3.63) is 52.7 Å². The molecule has 38 heavy (non-hydrogen) atoms. The van der Waals surface area contributed by atoms with E-state index in [4.69, 9.17) is 14.5 Å². The number of nitrogens with zero attached hydrogens (tertiary/aromatic N) is 6. The van der Waals surface area contributed by atoms with Gasteiger partial charge in [-0.3, -0.25) is 19.0 Å². The first kappa shape index (κ1) is 25.2. The third-order valence-corrected chi connectivity index (χ3v) is 7.73. The first-order valence-corrected chi connectivity index (χ1v) is 13.7. The maximum Gasteiger partial charge on any atom is 0.330 e. The highest BCUT2D eigenvalue weighted by molar-refractivity contribution is 6.02. The Labute approximate surface area is 222 Å². The molecule has 0 spiro atoms. The molecule has 0 amide bonds. The monoisotopic (exact) mass is 516 g/mol. The molecule has 2 fully saturated rings. The summed E-state index contributed by atoms with van der Waals surface area (Å²) < 4.78 is 15.5. The first-order chi connectivity index (χ1) is 18.4. The minimum atomic E-state index is -0.0849. The van der Waals surface area contributed by atoms with Gasteiger partial charge < -0.3 is 9.47 Å². The predicted molar refractivity (Wildman–Crippen MR) is 147 cm³/mol. The van der Waals surface area contributed by atoms with Crippen LogP contribution in [0.2, 0.25) is 0 Å². The summed E-state index contributed by atoms with van der Waals surface area (Å²) in [5.74, 6) is 0. The Balaban J connectivity index is 1.15. The van der Waals surface area contributed by atoms with Gasteiger partial charge in [0.05, 0.1) is 36.1 Å². The predicted octanol–water partition coefficient (Wildman–Crippen LogP) is 4.26. The molecule has 1 saturated heterocycles. The summed E-state index contributed by atoms with van der Waals surface area (Å²) in [6.07, 6.45) is 6.32. The van der Waals surface area contributed by atoms with Gasteiger partial charge in [-0.1, -0.05) is 12.1 Å². The number of rotatable bonds is 9. The second-order valence-electron chi connectivity index (χ2n) is 10.9. The first-order valence-electron chi connectivity index (χ1n) is 13.7. The van der Waals surface area contributed by atoms with Gasteiger partial charge in [-0.15, -0.1) is 10.2 Å². The van der Waals surface area contributed by atoms with Gasteiger partial charge in [-0.2, -0.15) is 0 Å². The molecule has 4 aromatic rings. The highest BCUT2D eigenvalue weighted by Gasteiger charge is 2.30. The van der Waals surface area contributed by atoms with E-state index in [-0.39, 0.29) is 17.8 Å². The number of aryl methyl sites for hydroxylation is 1. The van der Waals surface area contributed by atoms with Gasteiger partial charge in [-0.05, 0) is 63.8 Å². The Morgan fingerprint density at radius 2 is 1.84 bits per heavy atom. The molecule has 0 N–H and O–H groups in total. The average molecular weight is 517 g/mol. The van der Waals surface area contributed by atoms with Crippen LogP contribution in [-0.4, -0.2) is 67.7 Å². The standard InChI is InChI=1S/C29H36N6O3/c1-18(2)35-27-24-15-20(5-10-26(24)31-32-28(27)33(4)29(35)36)21-6-9-25(30-16-21)19(3)37-14-13-34-12-11-23(17-34)38-22-7-8-22/h5-6,9-10,15-16,18-19,22-23H,7-8,11-14,17H2,1-4H3/t19-,23-/m1/s1. The van der Waals surface area contributed by atoms with Crippen molar-refractivity contribution < 1.29 is 9.47 Å². The summed E-state index contributed by atoms with van der Waals surface area (Å²) in [6.45, 7) is 9.77. The molecule has 2 atom stereocenters. The molecule has 1 aromatic carbocycles. The van der Waals surface area contributed by atoms with Crippen LogP contribution in [-0.2, 0) is 16.5 Å². The number of hydrogen-bond donors (Lipinski definition) is 0. The zero-order valence-corrected chi connectivity index (χ0v) is 22.6. The normalized spacial score (nSPS) is 19.2. The van der Waals surface area contributed by atoms with E-state index < -0.39 is 0 Å². The Hall–Kier alpha value is -3.14. The van der Waals surface area contributed by atoms with Crippen molar-refractivity contribution in [2.75, 3.05) is 26.2 Å². The number of ether oxygens (including phenoxy) is 2. The second-order valence-corrected chi connectivity index (χ2v) is 10.9. The Morgan fingerprint density at radius 1 is 1.03 bits per heavy atom. The van der Waals surface area contributed by atoms with E-state index in [2.05, 4.69) is 34.2 Å². The van der Waals surface area contributed by atoms with Crippen molar-refractivity contribution in [1.82, 2.24) is 29.2 Å². The molecule has 200 valence electrons. The number of imidazole rings is 1. The number of fused-ring (bicyclic) bond motifs is 3. The fourth-order valence-corrected chi connectivity index (χ4v) is 5.40. The molecule has 0 unspecified atom stereocenters. The number of aromatic nitrogens is 5. The zero-order valence-electron chi connectivity index (χ0n) is 22.6. The van der Waals surface area contributed by atoms with Gasteiger partial charge in [0.2, 0.25) is 0 Å². The number of benzene rings is 1. The quantitative estimate of drug-likeness (QED) is 0.329. The maximum atomic E-state index is 12.9. The molecule has 9 heteroatoms. The van der Waals surface area contributed by atoms with Gasteiger partial charge in [-0.25, -0.2) is 4.79 Å². The molecule has 3 aromatic heterocycles. The van der Waals surface area contributed by atoms with Crippen LogP contribution in [0.4, 0.5) is 0 Å². The van der Waals surface area contributed by atoms with E-state index in [0.29, 0.717) is 24.5 Å². The summed E-state index contributed by atoms with van der Waals surface area (Å²) in [5, 5.41) is 9.61. The number of hydrogen-bond acceptors (Lipinski definition) is 7. The van der Waals surface area contributed by atoms with Crippen molar-refractivity contribution in [2.45, 2.75) is 64.4 Å². The highest BCUT2D eigenvalue weighted by Crippen LogP contribution is 2.30. The maximum absolute atomic E-state index is 12.9. The third-order valence-electron chi connectivity index (χ3n) is 7.73. The van der Waals surface area contributed by atoms with E-state index in [1.165, 1.54) is 12.8 Å². The summed E-state index contributed by atoms with van der Waals surface area (Å²) in [4.78, 5) is 20.0. The zero-order chi connectivity index (χ0) is 26.4. The topological polar surface area (TPSA) is 87.3 Å². The lowest BCUT2D eigenvalue weighted by molar-refractivity contribution is 0.0320. The lowest BCUT2D eigenvalue weighted by Gasteiger charge is -2.18. The van der Waals surface area contributed by atoms with Crippen LogP contribution >= 0.6 is 0 Å². The molecule has 4 heterocycles. The van der Waals surface area contributed by atoms with Crippen LogP contribution in [0.3, 0.4) is 0 Å². The van der Waals surface area contributed by atoms with Crippen LogP contribution in [0.1, 0.15) is 57.9 Å².